The summed E-state index contributed by atoms with van der Waals surface area (Å²) in [6, 6.07) is 19.7. The molecule has 20 heavy (non-hydrogen) atoms. The topological polar surface area (TPSA) is 17.1 Å². The van der Waals surface area contributed by atoms with Crippen molar-refractivity contribution in [2.75, 3.05) is 0 Å². The molecule has 1 nitrogen and oxygen atoms in total. The molecule has 0 saturated heterocycles. The first-order valence-corrected chi connectivity index (χ1v) is 8.11. The van der Waals surface area contributed by atoms with Crippen molar-refractivity contribution in [1.29, 1.82) is 0 Å². The molecule has 0 unspecified atom stereocenters. The van der Waals surface area contributed by atoms with Crippen molar-refractivity contribution < 1.29 is 4.79 Å². The van der Waals surface area contributed by atoms with Crippen molar-refractivity contribution in [3.63, 3.8) is 0 Å². The molecular weight excluding hydrogens is 380 g/mol. The number of carbonyl (C=O) groups excluding carboxylic acids is 1. The normalized spacial score (nSPS) is 14.1. The van der Waals surface area contributed by atoms with Gasteiger partial charge in [0, 0.05) is 0 Å². The van der Waals surface area contributed by atoms with E-state index in [9.17, 15) is 4.79 Å². The van der Waals surface area contributed by atoms with Crippen LogP contribution in [-0.4, -0.2) is 10.6 Å². The van der Waals surface area contributed by atoms with Gasteiger partial charge in [-0.1, -0.05) is 98.6 Å². The van der Waals surface area contributed by atoms with E-state index in [4.69, 9.17) is 0 Å². The lowest BCUT2D eigenvalue weighted by Crippen LogP contribution is -2.16. The van der Waals surface area contributed by atoms with Crippen LogP contribution in [0, 0.1) is 0 Å². The number of allylic oxidation sites excluding steroid dienone is 1. The molecule has 102 valence electrons. The Kier molecular flexibility index (Phi) is 5.74. The lowest BCUT2D eigenvalue weighted by molar-refractivity contribution is -0.113. The predicted molar refractivity (Wildman–Crippen MR) is 91.3 cm³/mol. The molecule has 2 rings (SSSR count). The molecular formula is C17H14Br2O. The van der Waals surface area contributed by atoms with Gasteiger partial charge in [-0.2, -0.15) is 0 Å². The van der Waals surface area contributed by atoms with Crippen LogP contribution in [0.3, 0.4) is 0 Å². The second kappa shape index (κ2) is 7.55. The van der Waals surface area contributed by atoms with Crippen LogP contribution in [0.2, 0.25) is 0 Å². The van der Waals surface area contributed by atoms with Gasteiger partial charge >= 0.3 is 0 Å². The first-order chi connectivity index (χ1) is 9.68. The van der Waals surface area contributed by atoms with Crippen LogP contribution in [0.4, 0.5) is 0 Å². The number of rotatable bonds is 5. The highest BCUT2D eigenvalue weighted by molar-refractivity contribution is 9.12. The fourth-order valence-corrected chi connectivity index (χ4v) is 2.81. The zero-order valence-corrected chi connectivity index (χ0v) is 13.9. The van der Waals surface area contributed by atoms with E-state index in [2.05, 4.69) is 31.9 Å². The highest BCUT2D eigenvalue weighted by atomic mass is 79.9. The Hall–Kier alpha value is -1.19. The van der Waals surface area contributed by atoms with Gasteiger partial charge in [-0.05, 0) is 17.2 Å². The molecule has 2 atom stereocenters. The fraction of sp³-hybridized carbons (Fsp3) is 0.118. The molecule has 2 aromatic rings. The Balaban J connectivity index is 2.04. The van der Waals surface area contributed by atoms with Crippen molar-refractivity contribution >= 4 is 43.7 Å². The van der Waals surface area contributed by atoms with Gasteiger partial charge in [0.2, 0.25) is 0 Å². The fourth-order valence-electron chi connectivity index (χ4n) is 1.78. The van der Waals surface area contributed by atoms with Crippen molar-refractivity contribution in [2.24, 2.45) is 0 Å². The maximum absolute atomic E-state index is 12.2. The van der Waals surface area contributed by atoms with Gasteiger partial charge in [-0.15, -0.1) is 0 Å². The summed E-state index contributed by atoms with van der Waals surface area (Å²) in [6.45, 7) is 0. The van der Waals surface area contributed by atoms with Crippen molar-refractivity contribution in [1.82, 2.24) is 0 Å². The Bertz CT molecular complexity index is 578. The third-order valence-corrected chi connectivity index (χ3v) is 5.63. The highest BCUT2D eigenvalue weighted by Gasteiger charge is 2.22. The van der Waals surface area contributed by atoms with Gasteiger partial charge in [-0.25, -0.2) is 0 Å². The highest BCUT2D eigenvalue weighted by Crippen LogP contribution is 2.31. The lowest BCUT2D eigenvalue weighted by atomic mass is 10.1. The lowest BCUT2D eigenvalue weighted by Gasteiger charge is -2.14. The number of halogens is 2. The predicted octanol–water partition coefficient (Wildman–Crippen LogP) is 5.17. The smallest absolute Gasteiger partial charge is 0.170 e. The summed E-state index contributed by atoms with van der Waals surface area (Å²) in [6.07, 6.45) is 3.45. The molecule has 0 aliphatic carbocycles. The minimum Gasteiger partial charge on any atom is -0.294 e. The van der Waals surface area contributed by atoms with Gasteiger partial charge < -0.3 is 0 Å². The van der Waals surface area contributed by atoms with E-state index >= 15 is 0 Å². The van der Waals surface area contributed by atoms with Crippen LogP contribution in [0.5, 0.6) is 0 Å². The average Bonchev–Trinajstić information content (AvgIpc) is 2.53. The standard InChI is InChI=1S/C17H14Br2O/c18-16(14-9-5-2-6-10-14)17(19)15(20)12-11-13-7-3-1-4-8-13/h1-12,16-17H/b12-11+/t16-,17+/m1/s1. The van der Waals surface area contributed by atoms with Crippen molar-refractivity contribution in [3.8, 4) is 0 Å². The van der Waals surface area contributed by atoms with E-state index in [0.29, 0.717) is 0 Å². The summed E-state index contributed by atoms with van der Waals surface area (Å²) < 4.78 is 0. The third kappa shape index (κ3) is 4.15. The second-order valence-electron chi connectivity index (χ2n) is 4.36. The Morgan fingerprint density at radius 1 is 0.900 bits per heavy atom. The first-order valence-electron chi connectivity index (χ1n) is 6.28. The van der Waals surface area contributed by atoms with E-state index in [1.165, 1.54) is 0 Å². The zero-order valence-electron chi connectivity index (χ0n) is 10.7. The van der Waals surface area contributed by atoms with Gasteiger partial charge in [0.1, 0.15) is 0 Å². The van der Waals surface area contributed by atoms with Gasteiger partial charge in [0.15, 0.2) is 5.78 Å². The number of hydrogen-bond acceptors (Lipinski definition) is 1. The van der Waals surface area contributed by atoms with Crippen LogP contribution in [0.1, 0.15) is 16.0 Å². The largest absolute Gasteiger partial charge is 0.294 e. The molecule has 3 heteroatoms. The maximum Gasteiger partial charge on any atom is 0.170 e. The molecule has 0 aliphatic rings. The van der Waals surface area contributed by atoms with E-state index in [0.717, 1.165) is 11.1 Å². The summed E-state index contributed by atoms with van der Waals surface area (Å²) >= 11 is 7.05. The average molecular weight is 394 g/mol. The first kappa shape index (κ1) is 15.2. The number of ketones is 1. The molecule has 0 aromatic heterocycles. The Morgan fingerprint density at radius 2 is 1.45 bits per heavy atom. The van der Waals surface area contributed by atoms with E-state index in [1.807, 2.05) is 66.7 Å². The summed E-state index contributed by atoms with van der Waals surface area (Å²) in [7, 11) is 0. The quantitative estimate of drug-likeness (QED) is 0.505. The third-order valence-electron chi connectivity index (χ3n) is 2.89. The van der Waals surface area contributed by atoms with Crippen molar-refractivity contribution in [3.05, 3.63) is 77.9 Å². The number of hydrogen-bond donors (Lipinski definition) is 0. The van der Waals surface area contributed by atoms with Gasteiger partial charge in [-0.3, -0.25) is 4.79 Å². The monoisotopic (exact) mass is 392 g/mol. The summed E-state index contributed by atoms with van der Waals surface area (Å²) in [5, 5.41) is 0. The van der Waals surface area contributed by atoms with Gasteiger partial charge in [0.05, 0.1) is 9.65 Å². The molecule has 0 amide bonds. The minimum absolute atomic E-state index is 0.0413. The van der Waals surface area contributed by atoms with E-state index in [1.54, 1.807) is 6.08 Å². The van der Waals surface area contributed by atoms with Crippen LogP contribution in [0.15, 0.2) is 66.7 Å². The number of alkyl halides is 2. The van der Waals surface area contributed by atoms with E-state index in [-0.39, 0.29) is 15.4 Å². The Labute approximate surface area is 136 Å². The van der Waals surface area contributed by atoms with E-state index < -0.39 is 0 Å². The van der Waals surface area contributed by atoms with Crippen LogP contribution in [-0.2, 0) is 4.79 Å². The molecule has 0 bridgehead atoms. The molecule has 0 aliphatic heterocycles. The molecule has 0 N–H and O–H groups in total. The molecule has 0 radical (unpaired) electrons. The SMILES string of the molecule is O=C(/C=C/c1ccccc1)[C@H](Br)[C@H](Br)c1ccccc1. The molecule has 0 fully saturated rings. The molecule has 0 heterocycles. The second-order valence-corrected chi connectivity index (χ2v) is 6.33. The zero-order chi connectivity index (χ0) is 14.4. The van der Waals surface area contributed by atoms with Crippen LogP contribution < -0.4 is 0 Å². The van der Waals surface area contributed by atoms with Crippen molar-refractivity contribution in [2.45, 2.75) is 9.65 Å². The van der Waals surface area contributed by atoms with Gasteiger partial charge in [0.25, 0.3) is 0 Å². The van der Waals surface area contributed by atoms with Crippen LogP contribution >= 0.6 is 31.9 Å². The summed E-state index contributed by atoms with van der Waals surface area (Å²) in [5.74, 6) is 0.0413. The molecule has 0 spiro atoms. The molecule has 0 saturated carbocycles. The summed E-state index contributed by atoms with van der Waals surface area (Å²) in [5.41, 5.74) is 2.10. The number of carbonyl (C=O) groups is 1. The minimum atomic E-state index is -0.287. The van der Waals surface area contributed by atoms with Crippen LogP contribution in [0.25, 0.3) is 6.08 Å². The summed E-state index contributed by atoms with van der Waals surface area (Å²) in [4.78, 5) is 11.8. The Morgan fingerprint density at radius 3 is 2.05 bits per heavy atom. The maximum atomic E-state index is 12.2. The number of benzene rings is 2. The molecule has 2 aromatic carbocycles.